The van der Waals surface area contributed by atoms with Gasteiger partial charge in [-0.1, -0.05) is 0 Å². The van der Waals surface area contributed by atoms with E-state index in [-0.39, 0.29) is 29.9 Å². The van der Waals surface area contributed by atoms with E-state index in [1.54, 1.807) is 21.1 Å². The van der Waals surface area contributed by atoms with Crippen LogP contribution >= 0.6 is 11.3 Å². The first-order valence-electron chi connectivity index (χ1n) is 9.96. The van der Waals surface area contributed by atoms with E-state index in [9.17, 15) is 13.2 Å². The van der Waals surface area contributed by atoms with Crippen molar-refractivity contribution in [3.8, 4) is 5.75 Å². The third-order valence-corrected chi connectivity index (χ3v) is 8.38. The number of nitrogens with zero attached hydrogens (tertiary/aromatic N) is 1. The molecular formula is C21H26N2O4S2. The number of carbonyl (C=O) groups is 1. The van der Waals surface area contributed by atoms with Crippen LogP contribution in [0.3, 0.4) is 0 Å². The highest BCUT2D eigenvalue weighted by atomic mass is 32.2. The van der Waals surface area contributed by atoms with Gasteiger partial charge in [0.1, 0.15) is 5.75 Å². The van der Waals surface area contributed by atoms with E-state index in [1.807, 2.05) is 38.1 Å². The summed E-state index contributed by atoms with van der Waals surface area (Å²) in [5.74, 6) is 0.540. The zero-order valence-corrected chi connectivity index (χ0v) is 18.2. The fourth-order valence-electron chi connectivity index (χ4n) is 4.36. The Bertz CT molecular complexity index is 955. The van der Waals surface area contributed by atoms with E-state index in [0.29, 0.717) is 17.1 Å². The highest BCUT2D eigenvalue weighted by molar-refractivity contribution is 7.89. The number of ether oxygens (including phenoxy) is 1. The van der Waals surface area contributed by atoms with Gasteiger partial charge >= 0.3 is 0 Å². The number of fused-ring (bicyclic) bond motifs is 3. The van der Waals surface area contributed by atoms with Gasteiger partial charge in [0.05, 0.1) is 16.9 Å². The molecule has 6 nitrogen and oxygen atoms in total. The maximum absolute atomic E-state index is 13.1. The second-order valence-electron chi connectivity index (χ2n) is 8.07. The van der Waals surface area contributed by atoms with E-state index in [2.05, 4.69) is 5.32 Å². The molecule has 1 amide bonds. The molecule has 3 heterocycles. The van der Waals surface area contributed by atoms with Crippen LogP contribution in [0.5, 0.6) is 5.75 Å². The van der Waals surface area contributed by atoms with Crippen LogP contribution in [0.1, 0.15) is 33.1 Å². The maximum atomic E-state index is 13.1. The minimum absolute atomic E-state index is 0.0874. The molecule has 8 heteroatoms. The Hall–Kier alpha value is -1.90. The molecular weight excluding hydrogens is 408 g/mol. The number of nitrogens with one attached hydrogen (secondary N) is 1. The van der Waals surface area contributed by atoms with Gasteiger partial charge in [-0.3, -0.25) is 4.79 Å². The fourth-order valence-corrected chi connectivity index (χ4v) is 7.14. The second-order valence-corrected chi connectivity index (χ2v) is 10.7. The number of hydrogen-bond donors (Lipinski definition) is 1. The highest BCUT2D eigenvalue weighted by Crippen LogP contribution is 2.42. The average Bonchev–Trinajstić information content (AvgIpc) is 3.25. The number of piperidine rings is 2. The molecule has 5 rings (SSSR count). The van der Waals surface area contributed by atoms with Crippen molar-refractivity contribution >= 4 is 33.0 Å². The van der Waals surface area contributed by atoms with Crippen LogP contribution in [0.25, 0.3) is 0 Å². The Morgan fingerprint density at radius 1 is 1.21 bits per heavy atom. The van der Waals surface area contributed by atoms with Crippen molar-refractivity contribution in [3.63, 3.8) is 0 Å². The zero-order chi connectivity index (χ0) is 20.6. The van der Waals surface area contributed by atoms with Crippen molar-refractivity contribution in [2.24, 2.45) is 11.8 Å². The lowest BCUT2D eigenvalue weighted by Crippen LogP contribution is -2.57. The molecule has 29 heavy (non-hydrogen) atoms. The Labute approximate surface area is 175 Å². The van der Waals surface area contributed by atoms with Crippen molar-refractivity contribution < 1.29 is 17.9 Å². The van der Waals surface area contributed by atoms with E-state index in [0.717, 1.165) is 25.0 Å². The van der Waals surface area contributed by atoms with Gasteiger partial charge in [-0.05, 0) is 74.7 Å². The van der Waals surface area contributed by atoms with Gasteiger partial charge in [0.25, 0.3) is 0 Å². The topological polar surface area (TPSA) is 75.7 Å². The summed E-state index contributed by atoms with van der Waals surface area (Å²) in [6.07, 6.45) is 2.53. The van der Waals surface area contributed by atoms with Crippen molar-refractivity contribution in [1.29, 1.82) is 0 Å². The molecule has 0 radical (unpaired) electrons. The van der Waals surface area contributed by atoms with Crippen LogP contribution in [-0.2, 0) is 14.8 Å². The summed E-state index contributed by atoms with van der Waals surface area (Å²) in [5, 5.41) is 6.40. The molecule has 2 aromatic rings. The quantitative estimate of drug-likeness (QED) is 0.747. The van der Waals surface area contributed by atoms with Crippen molar-refractivity contribution in [2.45, 2.75) is 50.2 Å². The van der Waals surface area contributed by atoms with E-state index in [1.165, 1.54) is 11.3 Å². The lowest BCUT2D eigenvalue weighted by atomic mass is 9.73. The summed E-state index contributed by atoms with van der Waals surface area (Å²) >= 11 is 1.37. The van der Waals surface area contributed by atoms with Gasteiger partial charge in [0, 0.05) is 23.7 Å². The first kappa shape index (κ1) is 20.4. The third kappa shape index (κ3) is 4.20. The van der Waals surface area contributed by atoms with Crippen LogP contribution in [0.15, 0.2) is 46.0 Å². The minimum atomic E-state index is -3.56. The summed E-state index contributed by atoms with van der Waals surface area (Å²) in [6.45, 7) is 4.43. The second kappa shape index (κ2) is 8.08. The molecule has 156 valence electrons. The number of carbonyl (C=O) groups excluding carboxylic acids is 1. The molecule has 2 saturated heterocycles. The Morgan fingerprint density at radius 3 is 2.59 bits per heavy atom. The van der Waals surface area contributed by atoms with Crippen molar-refractivity contribution in [1.82, 2.24) is 4.31 Å². The van der Waals surface area contributed by atoms with Gasteiger partial charge in [-0.2, -0.15) is 15.6 Å². The number of rotatable bonds is 6. The molecule has 2 aliphatic heterocycles. The SMILES string of the molecule is CC(C)Oc1ccc(NC(=O)[C@@H]2C[C@@H]3CC[C@H]2N(S(=O)(=O)c2ccsc2)C3)cc1. The molecule has 3 fully saturated rings. The van der Waals surface area contributed by atoms with E-state index in [4.69, 9.17) is 4.74 Å². The van der Waals surface area contributed by atoms with E-state index >= 15 is 0 Å². The first-order valence-corrected chi connectivity index (χ1v) is 12.3. The molecule has 1 N–H and O–H groups in total. The molecule has 3 aliphatic rings. The number of sulfonamides is 1. The number of thiophene rings is 1. The highest BCUT2D eigenvalue weighted by Gasteiger charge is 2.48. The predicted molar refractivity (Wildman–Crippen MR) is 114 cm³/mol. The number of anilines is 1. The van der Waals surface area contributed by atoms with Gasteiger partial charge in [-0.15, -0.1) is 0 Å². The molecule has 1 saturated carbocycles. The molecule has 1 aromatic carbocycles. The van der Waals surface area contributed by atoms with Crippen LogP contribution in [-0.4, -0.2) is 37.3 Å². The van der Waals surface area contributed by atoms with Gasteiger partial charge in [0.2, 0.25) is 15.9 Å². The summed E-state index contributed by atoms with van der Waals surface area (Å²) < 4.78 is 33.4. The lowest BCUT2D eigenvalue weighted by molar-refractivity contribution is -0.125. The van der Waals surface area contributed by atoms with Gasteiger partial charge in [0.15, 0.2) is 0 Å². The van der Waals surface area contributed by atoms with Crippen LogP contribution in [0.4, 0.5) is 5.69 Å². The average molecular weight is 435 g/mol. The molecule has 0 unspecified atom stereocenters. The molecule has 2 bridgehead atoms. The molecule has 1 aliphatic carbocycles. The van der Waals surface area contributed by atoms with Gasteiger partial charge < -0.3 is 10.1 Å². The molecule has 1 aromatic heterocycles. The summed E-state index contributed by atoms with van der Waals surface area (Å²) in [7, 11) is -3.56. The number of hydrogen-bond acceptors (Lipinski definition) is 5. The van der Waals surface area contributed by atoms with Crippen LogP contribution < -0.4 is 10.1 Å². The van der Waals surface area contributed by atoms with Crippen molar-refractivity contribution in [3.05, 3.63) is 41.1 Å². The summed E-state index contributed by atoms with van der Waals surface area (Å²) in [6, 6.07) is 8.64. The first-order chi connectivity index (χ1) is 13.8. The molecule has 0 spiro atoms. The summed E-state index contributed by atoms with van der Waals surface area (Å²) in [5.41, 5.74) is 0.694. The Balaban J connectivity index is 1.49. The number of benzene rings is 1. The lowest BCUT2D eigenvalue weighted by Gasteiger charge is -2.48. The third-order valence-electron chi connectivity index (χ3n) is 5.66. The van der Waals surface area contributed by atoms with Crippen LogP contribution in [0, 0.1) is 11.8 Å². The van der Waals surface area contributed by atoms with Crippen molar-refractivity contribution in [2.75, 3.05) is 11.9 Å². The largest absolute Gasteiger partial charge is 0.491 e. The Kier molecular flexibility index (Phi) is 5.68. The fraction of sp³-hybridized carbons (Fsp3) is 0.476. The smallest absolute Gasteiger partial charge is 0.244 e. The van der Waals surface area contributed by atoms with E-state index < -0.39 is 10.0 Å². The monoisotopic (exact) mass is 434 g/mol. The maximum Gasteiger partial charge on any atom is 0.244 e. The normalized spacial score (nSPS) is 24.6. The predicted octanol–water partition coefficient (Wildman–Crippen LogP) is 3.96. The Morgan fingerprint density at radius 2 is 1.97 bits per heavy atom. The van der Waals surface area contributed by atoms with Crippen LogP contribution in [0.2, 0.25) is 0 Å². The standard InChI is InChI=1S/C21H26N2O4S2/c1-14(2)27-17-6-4-16(5-7-17)22-21(24)19-11-15-3-8-20(19)23(12-15)29(25,26)18-9-10-28-13-18/h4-7,9-10,13-15,19-20H,3,8,11-12H2,1-2H3,(H,22,24)/t15-,19+,20+/m0/s1. The minimum Gasteiger partial charge on any atom is -0.491 e. The molecule has 3 atom stereocenters. The zero-order valence-electron chi connectivity index (χ0n) is 16.6. The van der Waals surface area contributed by atoms with Gasteiger partial charge in [-0.25, -0.2) is 8.42 Å². The number of amides is 1. The summed E-state index contributed by atoms with van der Waals surface area (Å²) in [4.78, 5) is 13.3.